The van der Waals surface area contributed by atoms with Gasteiger partial charge in [0.25, 0.3) is 0 Å². The smallest absolute Gasteiger partial charge is 0.238 e. The quantitative estimate of drug-likeness (QED) is 0.670. The highest BCUT2D eigenvalue weighted by Crippen LogP contribution is 2.11. The molecule has 106 valence electrons. The van der Waals surface area contributed by atoms with Gasteiger partial charge in [-0.25, -0.2) is 8.42 Å². The minimum Gasteiger partial charge on any atom is -0.368 e. The normalized spacial score (nSPS) is 24.1. The summed E-state index contributed by atoms with van der Waals surface area (Å²) in [7, 11) is -2.92. The first kappa shape index (κ1) is 15.4. The summed E-state index contributed by atoms with van der Waals surface area (Å²) < 4.78 is 23.0. The molecular formula is C11H23N3O3S. The van der Waals surface area contributed by atoms with Gasteiger partial charge in [0.1, 0.15) is 5.54 Å². The molecule has 1 atom stereocenters. The molecule has 0 aromatic heterocycles. The summed E-state index contributed by atoms with van der Waals surface area (Å²) in [5.41, 5.74) is 4.62. The maximum Gasteiger partial charge on any atom is 0.238 e. The van der Waals surface area contributed by atoms with Gasteiger partial charge in [-0.05, 0) is 26.4 Å². The molecule has 18 heavy (non-hydrogen) atoms. The second-order valence-electron chi connectivity index (χ2n) is 5.01. The molecule has 0 spiro atoms. The predicted octanol–water partition coefficient (Wildman–Crippen LogP) is -1.04. The second kappa shape index (κ2) is 5.99. The van der Waals surface area contributed by atoms with Gasteiger partial charge in [-0.3, -0.25) is 9.69 Å². The lowest BCUT2D eigenvalue weighted by Crippen LogP contribution is -2.59. The Balaban J connectivity index is 2.68. The van der Waals surface area contributed by atoms with Crippen LogP contribution in [0, 0.1) is 0 Å². The van der Waals surface area contributed by atoms with E-state index < -0.39 is 21.3 Å². The number of carbonyl (C=O) groups excluding carboxylic acids is 1. The SMILES string of the molecule is CCNC(C)(CN1CCCS(=O)(=O)CC1)C(N)=O. The second-order valence-corrected chi connectivity index (χ2v) is 7.31. The van der Waals surface area contributed by atoms with Crippen LogP contribution in [0.25, 0.3) is 0 Å². The van der Waals surface area contributed by atoms with Crippen LogP contribution in [0.5, 0.6) is 0 Å². The summed E-state index contributed by atoms with van der Waals surface area (Å²) >= 11 is 0. The Kier molecular flexibility index (Phi) is 5.12. The van der Waals surface area contributed by atoms with E-state index in [9.17, 15) is 13.2 Å². The number of hydrogen-bond acceptors (Lipinski definition) is 5. The molecule has 1 fully saturated rings. The summed E-state index contributed by atoms with van der Waals surface area (Å²) in [5.74, 6) is -0.0113. The first-order valence-electron chi connectivity index (χ1n) is 6.27. The number of nitrogens with two attached hydrogens (primary N) is 1. The molecule has 0 saturated carbocycles. The minimum atomic E-state index is -2.92. The first-order chi connectivity index (χ1) is 8.29. The van der Waals surface area contributed by atoms with E-state index in [4.69, 9.17) is 5.73 Å². The fraction of sp³-hybridized carbons (Fsp3) is 0.909. The van der Waals surface area contributed by atoms with E-state index in [1.807, 2.05) is 11.8 Å². The minimum absolute atomic E-state index is 0.161. The molecule has 1 saturated heterocycles. The van der Waals surface area contributed by atoms with Crippen molar-refractivity contribution in [2.45, 2.75) is 25.8 Å². The third kappa shape index (κ3) is 4.22. The number of rotatable bonds is 5. The molecule has 1 aliphatic rings. The Morgan fingerprint density at radius 3 is 2.61 bits per heavy atom. The largest absolute Gasteiger partial charge is 0.368 e. The molecule has 0 aromatic rings. The molecule has 1 unspecified atom stereocenters. The topological polar surface area (TPSA) is 92.5 Å². The van der Waals surface area contributed by atoms with E-state index in [0.29, 0.717) is 32.6 Å². The average Bonchev–Trinajstić information content (AvgIpc) is 2.40. The predicted molar refractivity (Wildman–Crippen MR) is 71.0 cm³/mol. The van der Waals surface area contributed by atoms with Crippen LogP contribution in [0.1, 0.15) is 20.3 Å². The molecule has 1 aliphatic heterocycles. The monoisotopic (exact) mass is 277 g/mol. The van der Waals surface area contributed by atoms with Crippen molar-refractivity contribution >= 4 is 15.7 Å². The lowest BCUT2D eigenvalue weighted by molar-refractivity contribution is -0.124. The van der Waals surface area contributed by atoms with Gasteiger partial charge in [-0.2, -0.15) is 0 Å². The van der Waals surface area contributed by atoms with Crippen LogP contribution in [0.15, 0.2) is 0 Å². The zero-order valence-corrected chi connectivity index (χ0v) is 11.9. The number of nitrogens with zero attached hydrogens (tertiary/aromatic N) is 1. The third-order valence-corrected chi connectivity index (χ3v) is 5.01. The highest BCUT2D eigenvalue weighted by molar-refractivity contribution is 7.91. The van der Waals surface area contributed by atoms with Crippen molar-refractivity contribution in [3.63, 3.8) is 0 Å². The number of likely N-dealkylation sites (N-methyl/N-ethyl adjacent to an activating group) is 1. The Bertz CT molecular complexity index is 396. The lowest BCUT2D eigenvalue weighted by Gasteiger charge is -2.33. The van der Waals surface area contributed by atoms with E-state index >= 15 is 0 Å². The summed E-state index contributed by atoms with van der Waals surface area (Å²) in [4.78, 5) is 13.5. The molecule has 0 bridgehead atoms. The van der Waals surface area contributed by atoms with Crippen LogP contribution in [0.3, 0.4) is 0 Å². The van der Waals surface area contributed by atoms with Crippen molar-refractivity contribution in [2.24, 2.45) is 5.73 Å². The Labute approximate surface area is 109 Å². The van der Waals surface area contributed by atoms with E-state index in [1.54, 1.807) is 6.92 Å². The molecule has 6 nitrogen and oxygen atoms in total. The Morgan fingerprint density at radius 2 is 2.06 bits per heavy atom. The van der Waals surface area contributed by atoms with Crippen molar-refractivity contribution in [1.82, 2.24) is 10.2 Å². The van der Waals surface area contributed by atoms with Gasteiger partial charge in [0.15, 0.2) is 9.84 Å². The van der Waals surface area contributed by atoms with Gasteiger partial charge in [0.2, 0.25) is 5.91 Å². The molecular weight excluding hydrogens is 254 g/mol. The van der Waals surface area contributed by atoms with Crippen molar-refractivity contribution in [3.05, 3.63) is 0 Å². The van der Waals surface area contributed by atoms with Gasteiger partial charge >= 0.3 is 0 Å². The van der Waals surface area contributed by atoms with Crippen molar-refractivity contribution in [3.8, 4) is 0 Å². The molecule has 3 N–H and O–H groups in total. The van der Waals surface area contributed by atoms with Gasteiger partial charge < -0.3 is 11.1 Å². The number of primary amides is 1. The van der Waals surface area contributed by atoms with Crippen LogP contribution < -0.4 is 11.1 Å². The van der Waals surface area contributed by atoms with Crippen LogP contribution in [0.2, 0.25) is 0 Å². The number of nitrogens with one attached hydrogen (secondary N) is 1. The summed E-state index contributed by atoms with van der Waals surface area (Å²) in [6.45, 7) is 5.92. The zero-order valence-electron chi connectivity index (χ0n) is 11.1. The highest BCUT2D eigenvalue weighted by Gasteiger charge is 2.33. The number of hydrogen-bond donors (Lipinski definition) is 2. The van der Waals surface area contributed by atoms with Gasteiger partial charge in [0.05, 0.1) is 11.5 Å². The molecule has 1 rings (SSSR count). The van der Waals surface area contributed by atoms with E-state index in [1.165, 1.54) is 0 Å². The zero-order chi connectivity index (χ0) is 13.8. The molecule has 7 heteroatoms. The number of amides is 1. The fourth-order valence-electron chi connectivity index (χ4n) is 2.21. The molecule has 0 aromatic carbocycles. The van der Waals surface area contributed by atoms with Crippen molar-refractivity contribution < 1.29 is 13.2 Å². The first-order valence-corrected chi connectivity index (χ1v) is 8.09. The highest BCUT2D eigenvalue weighted by atomic mass is 32.2. The molecule has 0 aliphatic carbocycles. The maximum absolute atomic E-state index is 11.5. The summed E-state index contributed by atoms with van der Waals surface area (Å²) in [6, 6.07) is 0. The summed E-state index contributed by atoms with van der Waals surface area (Å²) in [5, 5.41) is 3.08. The number of carbonyl (C=O) groups is 1. The van der Waals surface area contributed by atoms with Crippen molar-refractivity contribution in [2.75, 3.05) is 37.7 Å². The molecule has 1 amide bonds. The standard InChI is InChI=1S/C11H23N3O3S/c1-3-13-11(2,10(12)15)9-14-5-4-7-18(16,17)8-6-14/h13H,3-9H2,1-2H3,(H2,12,15). The van der Waals surface area contributed by atoms with E-state index in [0.717, 1.165) is 0 Å². The third-order valence-electron chi connectivity index (χ3n) is 3.30. The average molecular weight is 277 g/mol. The van der Waals surface area contributed by atoms with Crippen LogP contribution in [-0.2, 0) is 14.6 Å². The lowest BCUT2D eigenvalue weighted by atomic mass is 10.0. The van der Waals surface area contributed by atoms with Gasteiger partial charge in [0, 0.05) is 13.1 Å². The maximum atomic E-state index is 11.5. The van der Waals surface area contributed by atoms with Gasteiger partial charge in [-0.15, -0.1) is 0 Å². The fourth-order valence-corrected chi connectivity index (χ4v) is 3.52. The van der Waals surface area contributed by atoms with Gasteiger partial charge in [-0.1, -0.05) is 6.92 Å². The van der Waals surface area contributed by atoms with Crippen LogP contribution >= 0.6 is 0 Å². The molecule has 0 radical (unpaired) electrons. The van der Waals surface area contributed by atoms with Crippen molar-refractivity contribution in [1.29, 1.82) is 0 Å². The Morgan fingerprint density at radius 1 is 1.39 bits per heavy atom. The molecule has 1 heterocycles. The Hall–Kier alpha value is -0.660. The van der Waals surface area contributed by atoms with Crippen LogP contribution in [-0.4, -0.2) is 62.4 Å². The van der Waals surface area contributed by atoms with E-state index in [-0.39, 0.29) is 11.5 Å². The van der Waals surface area contributed by atoms with E-state index in [2.05, 4.69) is 5.32 Å². The van der Waals surface area contributed by atoms with Crippen LogP contribution in [0.4, 0.5) is 0 Å². The summed E-state index contributed by atoms with van der Waals surface area (Å²) in [6.07, 6.45) is 0.614. The number of sulfone groups is 1.